The van der Waals surface area contributed by atoms with Crippen LogP contribution in [0, 0.1) is 6.92 Å². The average molecular weight is 299 g/mol. The molecule has 110 valence electrons. The molecule has 2 heterocycles. The first-order chi connectivity index (χ1) is 9.46. The quantitative estimate of drug-likeness (QED) is 0.854. The minimum Gasteiger partial charge on any atom is -0.340 e. The first-order valence-corrected chi connectivity index (χ1v) is 7.79. The summed E-state index contributed by atoms with van der Waals surface area (Å²) in [4.78, 5) is 4.18. The summed E-state index contributed by atoms with van der Waals surface area (Å²) in [6, 6.07) is -0.526. The van der Waals surface area contributed by atoms with Crippen molar-refractivity contribution in [2.75, 3.05) is 0 Å². The molecule has 0 aliphatic rings. The second kappa shape index (κ2) is 5.71. The van der Waals surface area contributed by atoms with Crippen molar-refractivity contribution in [1.82, 2.24) is 24.6 Å². The van der Waals surface area contributed by atoms with E-state index < -0.39 is 16.1 Å². The van der Waals surface area contributed by atoms with Gasteiger partial charge in [0, 0.05) is 19.7 Å². The predicted molar refractivity (Wildman–Crippen MR) is 70.3 cm³/mol. The summed E-state index contributed by atoms with van der Waals surface area (Å²) >= 11 is 0. The molecule has 0 aliphatic carbocycles. The third-order valence-electron chi connectivity index (χ3n) is 2.80. The summed E-state index contributed by atoms with van der Waals surface area (Å²) in [5, 5.41) is 7.71. The number of sulfonamides is 1. The molecule has 9 heteroatoms. The zero-order chi connectivity index (χ0) is 14.8. The van der Waals surface area contributed by atoms with Gasteiger partial charge in [-0.05, 0) is 13.3 Å². The molecule has 2 aromatic rings. The Balaban J connectivity index is 2.21. The first kappa shape index (κ1) is 14.7. The van der Waals surface area contributed by atoms with Gasteiger partial charge in [-0.3, -0.25) is 4.68 Å². The Labute approximate surface area is 117 Å². The fourth-order valence-electron chi connectivity index (χ4n) is 1.69. The highest BCUT2D eigenvalue weighted by Crippen LogP contribution is 2.17. The van der Waals surface area contributed by atoms with Gasteiger partial charge in [0.05, 0.1) is 12.2 Å². The fraction of sp³-hybridized carbons (Fsp3) is 0.545. The van der Waals surface area contributed by atoms with Crippen LogP contribution in [0.5, 0.6) is 0 Å². The second-order valence-electron chi connectivity index (χ2n) is 4.29. The van der Waals surface area contributed by atoms with Crippen molar-refractivity contribution in [3.05, 3.63) is 24.1 Å². The van der Waals surface area contributed by atoms with Gasteiger partial charge in [-0.2, -0.15) is 10.1 Å². The molecule has 1 atom stereocenters. The Kier molecular flexibility index (Phi) is 4.19. The largest absolute Gasteiger partial charge is 0.340 e. The summed E-state index contributed by atoms with van der Waals surface area (Å²) in [5.41, 5.74) is 0. The van der Waals surface area contributed by atoms with Gasteiger partial charge in [0.25, 0.3) is 0 Å². The molecule has 2 rings (SSSR count). The Bertz CT molecular complexity index is 676. The van der Waals surface area contributed by atoms with E-state index in [0.29, 0.717) is 24.7 Å². The lowest BCUT2D eigenvalue weighted by Gasteiger charge is -2.12. The molecule has 0 saturated heterocycles. The maximum absolute atomic E-state index is 12.3. The van der Waals surface area contributed by atoms with Crippen LogP contribution in [0.4, 0.5) is 0 Å². The predicted octanol–water partition coefficient (Wildman–Crippen LogP) is 1.02. The van der Waals surface area contributed by atoms with E-state index >= 15 is 0 Å². The number of aryl methyl sites for hydroxylation is 2. The van der Waals surface area contributed by atoms with Crippen molar-refractivity contribution in [3.8, 4) is 0 Å². The molecule has 2 aromatic heterocycles. The molecule has 0 amide bonds. The second-order valence-corrected chi connectivity index (χ2v) is 6.00. The highest BCUT2D eigenvalue weighted by atomic mass is 32.2. The summed E-state index contributed by atoms with van der Waals surface area (Å²) in [7, 11) is -3.65. The standard InChI is InChI=1S/C11H17N5O3S/c1-4-10(11-13-8(3)19-14-11)15-20(17,18)9-6-12-16(5-2)7-9/h6-7,10,15H,4-5H2,1-3H3. The van der Waals surface area contributed by atoms with E-state index in [9.17, 15) is 8.42 Å². The van der Waals surface area contributed by atoms with E-state index in [1.807, 2.05) is 13.8 Å². The minimum atomic E-state index is -3.65. The van der Waals surface area contributed by atoms with E-state index in [0.717, 1.165) is 0 Å². The van der Waals surface area contributed by atoms with Gasteiger partial charge >= 0.3 is 0 Å². The molecule has 1 N–H and O–H groups in total. The maximum atomic E-state index is 12.3. The van der Waals surface area contributed by atoms with Gasteiger partial charge in [-0.25, -0.2) is 13.1 Å². The van der Waals surface area contributed by atoms with Crippen LogP contribution in [0.3, 0.4) is 0 Å². The molecule has 0 fully saturated rings. The van der Waals surface area contributed by atoms with Crippen molar-refractivity contribution in [2.24, 2.45) is 0 Å². The zero-order valence-corrected chi connectivity index (χ0v) is 12.4. The van der Waals surface area contributed by atoms with Gasteiger partial charge in [0.1, 0.15) is 4.90 Å². The van der Waals surface area contributed by atoms with E-state index in [1.54, 1.807) is 11.6 Å². The lowest BCUT2D eigenvalue weighted by molar-refractivity contribution is 0.380. The lowest BCUT2D eigenvalue weighted by atomic mass is 10.2. The van der Waals surface area contributed by atoms with Crippen LogP contribution in [0.2, 0.25) is 0 Å². The van der Waals surface area contributed by atoms with E-state index in [4.69, 9.17) is 4.52 Å². The molecule has 0 bridgehead atoms. The molecule has 0 aliphatic heterocycles. The highest BCUT2D eigenvalue weighted by molar-refractivity contribution is 7.89. The molecule has 8 nitrogen and oxygen atoms in total. The Morgan fingerprint density at radius 3 is 2.70 bits per heavy atom. The summed E-state index contributed by atoms with van der Waals surface area (Å²) < 4.78 is 33.5. The van der Waals surface area contributed by atoms with Crippen LogP contribution in [-0.4, -0.2) is 28.3 Å². The SMILES string of the molecule is CCC(NS(=O)(=O)c1cnn(CC)c1)c1noc(C)n1. The molecule has 0 spiro atoms. The smallest absolute Gasteiger partial charge is 0.244 e. The van der Waals surface area contributed by atoms with Crippen molar-refractivity contribution < 1.29 is 12.9 Å². The number of rotatable bonds is 6. The first-order valence-electron chi connectivity index (χ1n) is 6.31. The van der Waals surface area contributed by atoms with E-state index in [1.165, 1.54) is 12.4 Å². The Morgan fingerprint density at radius 1 is 1.45 bits per heavy atom. The van der Waals surface area contributed by atoms with Gasteiger partial charge < -0.3 is 4.52 Å². The normalized spacial score (nSPS) is 13.6. The van der Waals surface area contributed by atoms with Crippen LogP contribution in [-0.2, 0) is 16.6 Å². The molecular formula is C11H17N5O3S. The van der Waals surface area contributed by atoms with Crippen LogP contribution >= 0.6 is 0 Å². The Morgan fingerprint density at radius 2 is 2.20 bits per heavy atom. The molecule has 1 unspecified atom stereocenters. The highest BCUT2D eigenvalue weighted by Gasteiger charge is 2.24. The number of hydrogen-bond donors (Lipinski definition) is 1. The average Bonchev–Trinajstić information content (AvgIpc) is 3.04. The number of nitrogens with zero attached hydrogens (tertiary/aromatic N) is 4. The van der Waals surface area contributed by atoms with E-state index in [-0.39, 0.29) is 4.90 Å². The summed E-state index contributed by atoms with van der Waals surface area (Å²) in [5.74, 6) is 0.730. The molecule has 0 aromatic carbocycles. The third-order valence-corrected chi connectivity index (χ3v) is 4.23. The number of aromatic nitrogens is 4. The van der Waals surface area contributed by atoms with Gasteiger partial charge in [0.15, 0.2) is 5.82 Å². The minimum absolute atomic E-state index is 0.123. The topological polar surface area (TPSA) is 103 Å². The monoisotopic (exact) mass is 299 g/mol. The van der Waals surface area contributed by atoms with Crippen molar-refractivity contribution in [1.29, 1.82) is 0 Å². The summed E-state index contributed by atoms with van der Waals surface area (Å²) in [6.07, 6.45) is 3.32. The molecular weight excluding hydrogens is 282 g/mol. The van der Waals surface area contributed by atoms with Crippen molar-refractivity contribution in [2.45, 2.75) is 44.7 Å². The van der Waals surface area contributed by atoms with Crippen molar-refractivity contribution >= 4 is 10.0 Å². The third kappa shape index (κ3) is 3.05. The fourth-order valence-corrected chi connectivity index (χ4v) is 2.92. The van der Waals surface area contributed by atoms with Crippen LogP contribution in [0.15, 0.2) is 21.8 Å². The number of nitrogens with one attached hydrogen (secondary N) is 1. The van der Waals surface area contributed by atoms with Gasteiger partial charge in [-0.15, -0.1) is 0 Å². The molecule has 20 heavy (non-hydrogen) atoms. The molecule has 0 saturated carbocycles. The number of hydrogen-bond acceptors (Lipinski definition) is 6. The zero-order valence-electron chi connectivity index (χ0n) is 11.6. The van der Waals surface area contributed by atoms with Crippen LogP contribution in [0.1, 0.15) is 38.0 Å². The van der Waals surface area contributed by atoms with Gasteiger partial charge in [-0.1, -0.05) is 12.1 Å². The van der Waals surface area contributed by atoms with Crippen LogP contribution in [0.25, 0.3) is 0 Å². The molecule has 0 radical (unpaired) electrons. The summed E-state index contributed by atoms with van der Waals surface area (Å²) in [6.45, 7) is 5.99. The van der Waals surface area contributed by atoms with Crippen LogP contribution < -0.4 is 4.72 Å². The lowest BCUT2D eigenvalue weighted by Crippen LogP contribution is -2.28. The van der Waals surface area contributed by atoms with Gasteiger partial charge in [0.2, 0.25) is 15.9 Å². The van der Waals surface area contributed by atoms with Crippen molar-refractivity contribution in [3.63, 3.8) is 0 Å². The Hall–Kier alpha value is -1.74. The van der Waals surface area contributed by atoms with E-state index in [2.05, 4.69) is 20.0 Å². The maximum Gasteiger partial charge on any atom is 0.244 e.